The Labute approximate surface area is 129 Å². The van der Waals surface area contributed by atoms with Crippen LogP contribution in [0.15, 0.2) is 5.38 Å². The number of hydrogen-bond donors (Lipinski definition) is 1. The molecule has 0 radical (unpaired) electrons. The third kappa shape index (κ3) is 4.50. The van der Waals surface area contributed by atoms with Crippen molar-refractivity contribution in [3.63, 3.8) is 0 Å². The SMILES string of the molecule is CC(=O)N1CCC(C(=O)Nc2nc(CN(C)C)cs2)CC1. The molecule has 0 aliphatic carbocycles. The monoisotopic (exact) mass is 310 g/mol. The number of nitrogens with zero attached hydrogens (tertiary/aromatic N) is 3. The third-order valence-corrected chi connectivity index (χ3v) is 4.38. The van der Waals surface area contributed by atoms with E-state index in [4.69, 9.17) is 0 Å². The van der Waals surface area contributed by atoms with Gasteiger partial charge in [0.25, 0.3) is 0 Å². The normalized spacial score (nSPS) is 16.3. The fourth-order valence-corrected chi connectivity index (χ4v) is 3.13. The van der Waals surface area contributed by atoms with E-state index in [1.165, 1.54) is 11.3 Å². The van der Waals surface area contributed by atoms with Crippen molar-refractivity contribution in [3.05, 3.63) is 11.1 Å². The molecule has 0 aromatic carbocycles. The van der Waals surface area contributed by atoms with Crippen molar-refractivity contribution in [1.82, 2.24) is 14.8 Å². The molecule has 0 saturated carbocycles. The number of carbonyl (C=O) groups is 2. The van der Waals surface area contributed by atoms with E-state index in [0.717, 1.165) is 25.1 Å². The maximum atomic E-state index is 12.2. The van der Waals surface area contributed by atoms with E-state index in [1.807, 2.05) is 24.4 Å². The van der Waals surface area contributed by atoms with Gasteiger partial charge < -0.3 is 15.1 Å². The lowest BCUT2D eigenvalue weighted by Gasteiger charge is -2.30. The van der Waals surface area contributed by atoms with E-state index in [2.05, 4.69) is 10.3 Å². The second-order valence-electron chi connectivity index (χ2n) is 5.65. The quantitative estimate of drug-likeness (QED) is 0.913. The van der Waals surface area contributed by atoms with E-state index < -0.39 is 0 Å². The third-order valence-electron chi connectivity index (χ3n) is 3.57. The van der Waals surface area contributed by atoms with Crippen molar-refractivity contribution in [3.8, 4) is 0 Å². The first-order chi connectivity index (χ1) is 9.95. The molecule has 1 saturated heterocycles. The first-order valence-corrected chi connectivity index (χ1v) is 7.99. The highest BCUT2D eigenvalue weighted by Crippen LogP contribution is 2.21. The van der Waals surface area contributed by atoms with Crippen LogP contribution < -0.4 is 5.32 Å². The van der Waals surface area contributed by atoms with Gasteiger partial charge in [0.15, 0.2) is 5.13 Å². The Kier molecular flexibility index (Phi) is 5.30. The van der Waals surface area contributed by atoms with Crippen LogP contribution in [-0.2, 0) is 16.1 Å². The molecule has 2 amide bonds. The highest BCUT2D eigenvalue weighted by atomic mass is 32.1. The molecule has 0 bridgehead atoms. The second-order valence-corrected chi connectivity index (χ2v) is 6.51. The van der Waals surface area contributed by atoms with Crippen molar-refractivity contribution in [2.75, 3.05) is 32.5 Å². The number of amides is 2. The number of hydrogen-bond acceptors (Lipinski definition) is 5. The minimum atomic E-state index is -0.0261. The van der Waals surface area contributed by atoms with E-state index in [9.17, 15) is 9.59 Å². The molecule has 2 rings (SSSR count). The molecule has 1 fully saturated rings. The molecule has 1 aromatic rings. The highest BCUT2D eigenvalue weighted by molar-refractivity contribution is 7.13. The van der Waals surface area contributed by atoms with Gasteiger partial charge in [-0.3, -0.25) is 9.59 Å². The van der Waals surface area contributed by atoms with Gasteiger partial charge in [0.2, 0.25) is 11.8 Å². The fraction of sp³-hybridized carbons (Fsp3) is 0.643. The molecule has 0 atom stereocenters. The van der Waals surface area contributed by atoms with E-state index in [1.54, 1.807) is 11.8 Å². The summed E-state index contributed by atoms with van der Waals surface area (Å²) in [7, 11) is 3.97. The molecule has 6 nitrogen and oxygen atoms in total. The Hall–Kier alpha value is -1.47. The summed E-state index contributed by atoms with van der Waals surface area (Å²) in [4.78, 5) is 31.7. The zero-order valence-corrected chi connectivity index (χ0v) is 13.6. The lowest BCUT2D eigenvalue weighted by molar-refractivity contribution is -0.132. The molecule has 0 spiro atoms. The molecule has 1 aliphatic rings. The minimum Gasteiger partial charge on any atom is -0.343 e. The zero-order valence-electron chi connectivity index (χ0n) is 12.8. The van der Waals surface area contributed by atoms with Crippen LogP contribution in [0.1, 0.15) is 25.5 Å². The Morgan fingerprint density at radius 3 is 2.67 bits per heavy atom. The first kappa shape index (κ1) is 15.9. The first-order valence-electron chi connectivity index (χ1n) is 7.11. The molecule has 21 heavy (non-hydrogen) atoms. The predicted octanol–water partition coefficient (Wildman–Crippen LogP) is 1.40. The zero-order chi connectivity index (χ0) is 15.4. The van der Waals surface area contributed by atoms with Crippen molar-refractivity contribution < 1.29 is 9.59 Å². The van der Waals surface area contributed by atoms with Crippen LogP contribution >= 0.6 is 11.3 Å². The van der Waals surface area contributed by atoms with Gasteiger partial charge in [-0.25, -0.2) is 4.98 Å². The topological polar surface area (TPSA) is 65.5 Å². The van der Waals surface area contributed by atoms with Crippen LogP contribution in [0.5, 0.6) is 0 Å². The molecule has 1 aromatic heterocycles. The van der Waals surface area contributed by atoms with Crippen molar-refractivity contribution in [2.24, 2.45) is 5.92 Å². The van der Waals surface area contributed by atoms with Crippen molar-refractivity contribution in [2.45, 2.75) is 26.3 Å². The standard InChI is InChI=1S/C14H22N4O2S/c1-10(19)18-6-4-11(5-7-18)13(20)16-14-15-12(9-21-14)8-17(2)3/h9,11H,4-8H2,1-3H3,(H,15,16,20). The number of likely N-dealkylation sites (tertiary alicyclic amines) is 1. The number of carbonyl (C=O) groups excluding carboxylic acids is 2. The lowest BCUT2D eigenvalue weighted by Crippen LogP contribution is -2.40. The molecule has 1 N–H and O–H groups in total. The Morgan fingerprint density at radius 2 is 2.10 bits per heavy atom. The number of anilines is 1. The van der Waals surface area contributed by atoms with Gasteiger partial charge in [-0.15, -0.1) is 11.3 Å². The smallest absolute Gasteiger partial charge is 0.229 e. The predicted molar refractivity (Wildman–Crippen MR) is 83.1 cm³/mol. The van der Waals surface area contributed by atoms with E-state index >= 15 is 0 Å². The summed E-state index contributed by atoms with van der Waals surface area (Å²) in [6, 6.07) is 0. The number of rotatable bonds is 4. The van der Waals surface area contributed by atoms with Gasteiger partial charge >= 0.3 is 0 Å². The summed E-state index contributed by atoms with van der Waals surface area (Å²) in [5.41, 5.74) is 0.965. The minimum absolute atomic E-state index is 0.0176. The molecule has 0 unspecified atom stereocenters. The van der Waals surface area contributed by atoms with E-state index in [0.29, 0.717) is 18.2 Å². The van der Waals surface area contributed by atoms with Gasteiger partial charge in [-0.1, -0.05) is 0 Å². The number of piperidine rings is 1. The van der Waals surface area contributed by atoms with Gasteiger partial charge in [-0.05, 0) is 26.9 Å². The fourth-order valence-electron chi connectivity index (χ4n) is 2.43. The van der Waals surface area contributed by atoms with Crippen LogP contribution in [0.25, 0.3) is 0 Å². The summed E-state index contributed by atoms with van der Waals surface area (Å²) >= 11 is 1.46. The summed E-state index contributed by atoms with van der Waals surface area (Å²) in [5.74, 6) is 0.0767. The summed E-state index contributed by atoms with van der Waals surface area (Å²) in [5, 5.41) is 5.52. The Morgan fingerprint density at radius 1 is 1.43 bits per heavy atom. The van der Waals surface area contributed by atoms with Crippen LogP contribution in [0.2, 0.25) is 0 Å². The average Bonchev–Trinajstić information content (AvgIpc) is 2.85. The van der Waals surface area contributed by atoms with Gasteiger partial charge in [0, 0.05) is 37.9 Å². The lowest BCUT2D eigenvalue weighted by atomic mass is 9.96. The highest BCUT2D eigenvalue weighted by Gasteiger charge is 2.26. The van der Waals surface area contributed by atoms with Crippen LogP contribution in [-0.4, -0.2) is 53.8 Å². The van der Waals surface area contributed by atoms with Gasteiger partial charge in [-0.2, -0.15) is 0 Å². The summed E-state index contributed by atoms with van der Waals surface area (Å²) < 4.78 is 0. The Balaban J connectivity index is 1.84. The number of thiazole rings is 1. The molecular formula is C14H22N4O2S. The van der Waals surface area contributed by atoms with Crippen LogP contribution in [0.4, 0.5) is 5.13 Å². The van der Waals surface area contributed by atoms with Gasteiger partial charge in [0.05, 0.1) is 5.69 Å². The van der Waals surface area contributed by atoms with Crippen LogP contribution in [0, 0.1) is 5.92 Å². The maximum absolute atomic E-state index is 12.2. The number of nitrogens with one attached hydrogen (secondary N) is 1. The summed E-state index contributed by atoms with van der Waals surface area (Å²) in [6.45, 7) is 3.67. The maximum Gasteiger partial charge on any atom is 0.229 e. The molecule has 7 heteroatoms. The van der Waals surface area contributed by atoms with Crippen molar-refractivity contribution >= 4 is 28.3 Å². The Bertz CT molecular complexity index is 507. The largest absolute Gasteiger partial charge is 0.343 e. The molecule has 1 aliphatic heterocycles. The van der Waals surface area contributed by atoms with Crippen molar-refractivity contribution in [1.29, 1.82) is 0 Å². The summed E-state index contributed by atoms with van der Waals surface area (Å²) in [6.07, 6.45) is 1.45. The molecular weight excluding hydrogens is 288 g/mol. The van der Waals surface area contributed by atoms with E-state index in [-0.39, 0.29) is 17.7 Å². The van der Waals surface area contributed by atoms with Gasteiger partial charge in [0.1, 0.15) is 0 Å². The molecule has 2 heterocycles. The molecule has 116 valence electrons. The number of aromatic nitrogens is 1. The average molecular weight is 310 g/mol. The second kappa shape index (κ2) is 7.00. The van der Waals surface area contributed by atoms with Crippen LogP contribution in [0.3, 0.4) is 0 Å².